The SMILES string of the molecule is C=CCC1CN(C(=O)OCCCC)C(=O)c2c1[nH]c(-c1ccncc1OCC1CCCN(C(=O)OC(C)(C)C)C1)c2Nc1cccc(F)c1OC. The maximum absolute atomic E-state index is 14.9. The van der Waals surface area contributed by atoms with E-state index in [4.69, 9.17) is 18.9 Å². The molecular weight excluding hydrogens is 657 g/mol. The largest absolute Gasteiger partial charge is 0.492 e. The molecule has 2 atom stereocenters. The van der Waals surface area contributed by atoms with Gasteiger partial charge in [-0.25, -0.2) is 18.9 Å². The number of aromatic nitrogens is 2. The molecule has 1 fully saturated rings. The van der Waals surface area contributed by atoms with Gasteiger partial charge in [0.1, 0.15) is 11.4 Å². The highest BCUT2D eigenvalue weighted by atomic mass is 19.1. The molecule has 51 heavy (non-hydrogen) atoms. The van der Waals surface area contributed by atoms with E-state index in [1.54, 1.807) is 35.5 Å². The summed E-state index contributed by atoms with van der Waals surface area (Å²) in [6, 6.07) is 6.21. The topological polar surface area (TPSA) is 135 Å². The first-order valence-corrected chi connectivity index (χ1v) is 17.5. The molecule has 0 aliphatic carbocycles. The molecule has 1 saturated heterocycles. The third-order valence-electron chi connectivity index (χ3n) is 8.82. The van der Waals surface area contributed by atoms with Crippen LogP contribution in [0.1, 0.15) is 81.8 Å². The number of anilines is 2. The third-order valence-corrected chi connectivity index (χ3v) is 8.82. The number of allylic oxidation sites excluding steroid dienone is 1. The number of carbonyl (C=O) groups excluding carboxylic acids is 3. The van der Waals surface area contributed by atoms with Crippen molar-refractivity contribution in [3.8, 4) is 22.8 Å². The number of nitrogens with one attached hydrogen (secondary N) is 2. The van der Waals surface area contributed by atoms with Crippen molar-refractivity contribution in [2.75, 3.05) is 45.3 Å². The number of likely N-dealkylation sites (tertiary alicyclic amines) is 1. The fraction of sp³-hybridized carbons (Fsp3) is 0.474. The molecule has 0 radical (unpaired) electrons. The summed E-state index contributed by atoms with van der Waals surface area (Å²) in [5.41, 5.74) is 1.85. The van der Waals surface area contributed by atoms with Gasteiger partial charge in [-0.15, -0.1) is 6.58 Å². The van der Waals surface area contributed by atoms with Gasteiger partial charge in [-0.3, -0.25) is 9.78 Å². The number of halogens is 1. The molecule has 0 spiro atoms. The van der Waals surface area contributed by atoms with Gasteiger partial charge in [0.2, 0.25) is 0 Å². The first kappa shape index (κ1) is 37.2. The summed E-state index contributed by atoms with van der Waals surface area (Å²) in [5.74, 6) is -1.05. The van der Waals surface area contributed by atoms with Gasteiger partial charge in [0, 0.05) is 48.9 Å². The number of piperidine rings is 1. The molecule has 12 nitrogen and oxygen atoms in total. The number of fused-ring (bicyclic) bond motifs is 1. The Labute approximate surface area is 298 Å². The minimum atomic E-state index is -0.731. The lowest BCUT2D eigenvalue weighted by Gasteiger charge is -2.34. The smallest absolute Gasteiger partial charge is 0.416 e. The van der Waals surface area contributed by atoms with Crippen LogP contribution in [0.2, 0.25) is 0 Å². The lowest BCUT2D eigenvalue weighted by atomic mass is 9.92. The standard InChI is InChI=1S/C38H48FN5O7/c1-7-9-19-49-37(47)44-22-25(12-8-2)31-30(35(44)45)33(41-28-15-10-14-27(39)34(28)48-6)32(42-31)26-16-17-40-20-29(26)50-23-24-13-11-18-43(21-24)36(46)51-38(3,4)5/h8,10,14-17,20,24-25,41-42H,2,7,9,11-13,18-19,21-23H2,1,3-6H3. The molecule has 3 amide bonds. The summed E-state index contributed by atoms with van der Waals surface area (Å²) in [5, 5.41) is 3.26. The van der Waals surface area contributed by atoms with Gasteiger partial charge in [-0.2, -0.15) is 0 Å². The number of pyridine rings is 1. The van der Waals surface area contributed by atoms with E-state index < -0.39 is 23.4 Å². The van der Waals surface area contributed by atoms with Crippen molar-refractivity contribution in [2.24, 2.45) is 5.92 Å². The monoisotopic (exact) mass is 705 g/mol. The van der Waals surface area contributed by atoms with E-state index in [1.165, 1.54) is 19.2 Å². The molecule has 3 aromatic rings. The number of H-pyrrole nitrogens is 1. The highest BCUT2D eigenvalue weighted by Gasteiger charge is 2.40. The van der Waals surface area contributed by atoms with Gasteiger partial charge in [-0.1, -0.05) is 25.5 Å². The average molecular weight is 706 g/mol. The molecule has 2 aliphatic heterocycles. The highest BCUT2D eigenvalue weighted by Crippen LogP contribution is 2.45. The molecule has 2 unspecified atom stereocenters. The van der Waals surface area contributed by atoms with Gasteiger partial charge in [0.05, 0.1) is 49.2 Å². The number of methoxy groups -OCH3 is 1. The van der Waals surface area contributed by atoms with Crippen LogP contribution in [0.5, 0.6) is 11.5 Å². The molecule has 2 aromatic heterocycles. The number of nitrogens with zero attached hydrogens (tertiary/aromatic N) is 3. The number of imide groups is 1. The molecule has 0 saturated carbocycles. The number of para-hydroxylation sites is 1. The Morgan fingerprint density at radius 1 is 1.20 bits per heavy atom. The second kappa shape index (κ2) is 16.3. The lowest BCUT2D eigenvalue weighted by molar-refractivity contribution is 0.0139. The van der Waals surface area contributed by atoms with Crippen LogP contribution < -0.4 is 14.8 Å². The fourth-order valence-corrected chi connectivity index (χ4v) is 6.39. The van der Waals surface area contributed by atoms with Gasteiger partial charge < -0.3 is 34.1 Å². The van der Waals surface area contributed by atoms with Gasteiger partial charge in [0.15, 0.2) is 11.6 Å². The second-order valence-electron chi connectivity index (χ2n) is 13.8. The number of aromatic amines is 1. The number of hydrogen-bond donors (Lipinski definition) is 2. The lowest BCUT2D eigenvalue weighted by Crippen LogP contribution is -2.44. The molecule has 4 heterocycles. The molecule has 2 aliphatic rings. The Kier molecular flexibility index (Phi) is 11.9. The quantitative estimate of drug-likeness (QED) is 0.142. The molecular formula is C38H48FN5O7. The van der Waals surface area contributed by atoms with Gasteiger partial charge in [0.25, 0.3) is 5.91 Å². The van der Waals surface area contributed by atoms with E-state index in [1.807, 2.05) is 27.7 Å². The van der Waals surface area contributed by atoms with E-state index in [2.05, 4.69) is 21.9 Å². The average Bonchev–Trinajstić information content (AvgIpc) is 3.47. The Hall–Kier alpha value is -5.07. The van der Waals surface area contributed by atoms with E-state index >= 15 is 0 Å². The minimum absolute atomic E-state index is 0.0381. The molecule has 2 N–H and O–H groups in total. The third kappa shape index (κ3) is 8.63. The molecule has 5 rings (SSSR count). The zero-order chi connectivity index (χ0) is 36.7. The first-order valence-electron chi connectivity index (χ1n) is 17.5. The zero-order valence-electron chi connectivity index (χ0n) is 30.1. The number of benzene rings is 1. The van der Waals surface area contributed by atoms with Crippen molar-refractivity contribution in [2.45, 2.75) is 71.3 Å². The summed E-state index contributed by atoms with van der Waals surface area (Å²) >= 11 is 0. The predicted octanol–water partition coefficient (Wildman–Crippen LogP) is 8.05. The maximum atomic E-state index is 14.9. The van der Waals surface area contributed by atoms with Crippen LogP contribution in [0.3, 0.4) is 0 Å². The van der Waals surface area contributed by atoms with Gasteiger partial charge in [-0.05, 0) is 64.7 Å². The first-order chi connectivity index (χ1) is 24.4. The normalized spacial score (nSPS) is 17.4. The predicted molar refractivity (Wildman–Crippen MR) is 191 cm³/mol. The Morgan fingerprint density at radius 2 is 2.00 bits per heavy atom. The highest BCUT2D eigenvalue weighted by molar-refractivity contribution is 6.11. The summed E-state index contributed by atoms with van der Waals surface area (Å²) in [6.45, 7) is 13.1. The summed E-state index contributed by atoms with van der Waals surface area (Å²) in [6.07, 6.45) is 7.48. The van der Waals surface area contributed by atoms with E-state index in [-0.39, 0.29) is 48.1 Å². The van der Waals surface area contributed by atoms with Crippen LogP contribution in [0.25, 0.3) is 11.3 Å². The van der Waals surface area contributed by atoms with E-state index in [0.29, 0.717) is 60.9 Å². The van der Waals surface area contributed by atoms with E-state index in [0.717, 1.165) is 24.2 Å². The molecule has 274 valence electrons. The molecule has 1 aromatic carbocycles. The molecule has 13 heteroatoms. The number of hydrogen-bond acceptors (Lipinski definition) is 9. The maximum Gasteiger partial charge on any atom is 0.416 e. The van der Waals surface area contributed by atoms with Crippen molar-refractivity contribution in [1.29, 1.82) is 0 Å². The van der Waals surface area contributed by atoms with Crippen LogP contribution in [0.15, 0.2) is 49.3 Å². The Balaban J connectivity index is 1.53. The zero-order valence-corrected chi connectivity index (χ0v) is 30.1. The van der Waals surface area contributed by atoms with Crippen LogP contribution in [0.4, 0.5) is 25.4 Å². The van der Waals surface area contributed by atoms with Crippen molar-refractivity contribution in [3.63, 3.8) is 0 Å². The van der Waals surface area contributed by atoms with Crippen molar-refractivity contribution in [1.82, 2.24) is 19.8 Å². The van der Waals surface area contributed by atoms with Crippen molar-refractivity contribution in [3.05, 3.63) is 66.4 Å². The number of unbranched alkanes of at least 4 members (excludes halogenated alkanes) is 1. The fourth-order valence-electron chi connectivity index (χ4n) is 6.39. The van der Waals surface area contributed by atoms with E-state index in [9.17, 15) is 18.8 Å². The van der Waals surface area contributed by atoms with Crippen LogP contribution in [-0.4, -0.2) is 83.4 Å². The Bertz CT molecular complexity index is 1740. The summed E-state index contributed by atoms with van der Waals surface area (Å²) in [7, 11) is 1.36. The van der Waals surface area contributed by atoms with Crippen molar-refractivity contribution >= 4 is 29.5 Å². The van der Waals surface area contributed by atoms with Crippen LogP contribution in [0, 0.1) is 11.7 Å². The number of rotatable bonds is 12. The number of carbonyl (C=O) groups is 3. The number of ether oxygens (including phenoxy) is 4. The minimum Gasteiger partial charge on any atom is -0.492 e. The van der Waals surface area contributed by atoms with Crippen LogP contribution in [-0.2, 0) is 9.47 Å². The second-order valence-corrected chi connectivity index (χ2v) is 13.8. The van der Waals surface area contributed by atoms with Crippen molar-refractivity contribution < 1.29 is 37.7 Å². The van der Waals surface area contributed by atoms with Gasteiger partial charge >= 0.3 is 12.2 Å². The Morgan fingerprint density at radius 3 is 2.73 bits per heavy atom. The van der Waals surface area contributed by atoms with Crippen LogP contribution >= 0.6 is 0 Å². The summed E-state index contributed by atoms with van der Waals surface area (Å²) < 4.78 is 37.8. The summed E-state index contributed by atoms with van der Waals surface area (Å²) in [4.78, 5) is 50.9. The molecule has 0 bridgehead atoms. The number of amides is 3.